The molecule has 1 aliphatic rings. The van der Waals surface area contributed by atoms with E-state index in [0.29, 0.717) is 11.6 Å². The van der Waals surface area contributed by atoms with Gasteiger partial charge >= 0.3 is 0 Å². The van der Waals surface area contributed by atoms with E-state index in [-0.39, 0.29) is 11.9 Å². The number of carbonyl (C=O) groups excluding carboxylic acids is 1. The van der Waals surface area contributed by atoms with Gasteiger partial charge in [0, 0.05) is 51.0 Å². The fraction of sp³-hybridized carbons (Fsp3) is 0.400. The molecule has 0 spiro atoms. The molecule has 29 heavy (non-hydrogen) atoms. The lowest BCUT2D eigenvalue weighted by Crippen LogP contribution is -2.51. The van der Waals surface area contributed by atoms with Crippen LogP contribution < -0.4 is 10.2 Å². The maximum absolute atomic E-state index is 12.4. The number of hydrogen-bond acceptors (Lipinski definition) is 7. The molecule has 2 atom stereocenters. The van der Waals surface area contributed by atoms with Gasteiger partial charge in [-0.2, -0.15) is 0 Å². The van der Waals surface area contributed by atoms with Gasteiger partial charge < -0.3 is 14.8 Å². The number of rotatable bonds is 5. The van der Waals surface area contributed by atoms with Crippen molar-refractivity contribution in [2.24, 2.45) is 13.0 Å². The summed E-state index contributed by atoms with van der Waals surface area (Å²) >= 11 is 0. The Kier molecular flexibility index (Phi) is 5.46. The van der Waals surface area contributed by atoms with Crippen LogP contribution in [0.1, 0.15) is 30.3 Å². The third kappa shape index (κ3) is 4.08. The molecule has 0 unspecified atom stereocenters. The van der Waals surface area contributed by atoms with Gasteiger partial charge in [0.15, 0.2) is 11.6 Å². The van der Waals surface area contributed by atoms with E-state index in [1.807, 2.05) is 29.9 Å². The molecule has 9 nitrogen and oxygen atoms in total. The van der Waals surface area contributed by atoms with E-state index in [0.717, 1.165) is 43.3 Å². The lowest BCUT2D eigenvalue weighted by atomic mass is 9.89. The summed E-state index contributed by atoms with van der Waals surface area (Å²) in [6.45, 7) is 3.77. The number of piperidine rings is 1. The Morgan fingerprint density at radius 1 is 1.21 bits per heavy atom. The molecule has 0 bridgehead atoms. The number of carbonyl (C=O) groups is 1. The quantitative estimate of drug-likeness (QED) is 0.705. The van der Waals surface area contributed by atoms with Gasteiger partial charge in [0.05, 0.1) is 6.20 Å². The Morgan fingerprint density at radius 2 is 2.10 bits per heavy atom. The maximum Gasteiger partial charge on any atom is 0.271 e. The fourth-order valence-electron chi connectivity index (χ4n) is 3.73. The molecule has 0 saturated carbocycles. The van der Waals surface area contributed by atoms with E-state index < -0.39 is 0 Å². The van der Waals surface area contributed by atoms with Gasteiger partial charge in [-0.05, 0) is 30.9 Å². The predicted molar refractivity (Wildman–Crippen MR) is 108 cm³/mol. The van der Waals surface area contributed by atoms with Crippen LogP contribution >= 0.6 is 0 Å². The van der Waals surface area contributed by atoms with Crippen molar-refractivity contribution >= 4 is 11.7 Å². The predicted octanol–water partition coefficient (Wildman–Crippen LogP) is 1.70. The molecular weight excluding hydrogens is 368 g/mol. The SMILES string of the molecule is CC[C@@H]1CN(c2ccc(-c3nccn3C)nn2)CC[C@@H]1NC(=O)c1cnccn1. The van der Waals surface area contributed by atoms with E-state index in [2.05, 4.69) is 42.3 Å². The molecule has 1 aliphatic heterocycles. The summed E-state index contributed by atoms with van der Waals surface area (Å²) in [5.74, 6) is 1.79. The number of imidazole rings is 1. The minimum atomic E-state index is -0.172. The summed E-state index contributed by atoms with van der Waals surface area (Å²) in [6, 6.07) is 4.04. The molecule has 3 aromatic heterocycles. The summed E-state index contributed by atoms with van der Waals surface area (Å²) in [5, 5.41) is 11.9. The Bertz CT molecular complexity index is 956. The molecule has 4 rings (SSSR count). The van der Waals surface area contributed by atoms with Crippen LogP contribution in [0.15, 0.2) is 43.1 Å². The van der Waals surface area contributed by atoms with Gasteiger partial charge in [-0.25, -0.2) is 9.97 Å². The smallest absolute Gasteiger partial charge is 0.271 e. The monoisotopic (exact) mass is 392 g/mol. The van der Waals surface area contributed by atoms with Crippen LogP contribution in [0, 0.1) is 5.92 Å². The molecule has 0 aromatic carbocycles. The van der Waals surface area contributed by atoms with Gasteiger partial charge in [-0.3, -0.25) is 9.78 Å². The fourth-order valence-corrected chi connectivity index (χ4v) is 3.73. The van der Waals surface area contributed by atoms with Gasteiger partial charge in [0.1, 0.15) is 11.4 Å². The number of aromatic nitrogens is 6. The summed E-state index contributed by atoms with van der Waals surface area (Å²) in [5.41, 5.74) is 1.10. The van der Waals surface area contributed by atoms with Gasteiger partial charge in [-0.15, -0.1) is 10.2 Å². The van der Waals surface area contributed by atoms with Crippen molar-refractivity contribution in [1.82, 2.24) is 35.0 Å². The van der Waals surface area contributed by atoms with Crippen LogP contribution in [0.25, 0.3) is 11.5 Å². The Hall–Kier alpha value is -3.36. The highest BCUT2D eigenvalue weighted by Gasteiger charge is 2.30. The molecule has 3 aromatic rings. The molecule has 150 valence electrons. The second kappa shape index (κ2) is 8.34. The minimum Gasteiger partial charge on any atom is -0.355 e. The highest BCUT2D eigenvalue weighted by Crippen LogP contribution is 2.25. The van der Waals surface area contributed by atoms with Crippen LogP contribution in [-0.4, -0.2) is 54.8 Å². The third-order valence-electron chi connectivity index (χ3n) is 5.40. The summed E-state index contributed by atoms with van der Waals surface area (Å²) in [4.78, 5) is 27.0. The van der Waals surface area contributed by atoms with Crippen molar-refractivity contribution in [2.75, 3.05) is 18.0 Å². The van der Waals surface area contributed by atoms with Crippen molar-refractivity contribution in [3.8, 4) is 11.5 Å². The average Bonchev–Trinajstić information content (AvgIpc) is 3.20. The number of aryl methyl sites for hydroxylation is 1. The molecule has 1 N–H and O–H groups in total. The minimum absolute atomic E-state index is 0.102. The Labute approximate surface area is 169 Å². The summed E-state index contributed by atoms with van der Waals surface area (Å²) in [6.07, 6.45) is 10.0. The zero-order valence-electron chi connectivity index (χ0n) is 16.6. The first kappa shape index (κ1) is 19.0. The van der Waals surface area contributed by atoms with Crippen LogP contribution in [-0.2, 0) is 7.05 Å². The number of nitrogens with zero attached hydrogens (tertiary/aromatic N) is 7. The van der Waals surface area contributed by atoms with E-state index >= 15 is 0 Å². The van der Waals surface area contributed by atoms with Crippen molar-refractivity contribution in [3.05, 3.63) is 48.8 Å². The third-order valence-corrected chi connectivity index (χ3v) is 5.40. The average molecular weight is 392 g/mol. The van der Waals surface area contributed by atoms with Crippen LogP contribution in [0.3, 0.4) is 0 Å². The first-order valence-corrected chi connectivity index (χ1v) is 9.79. The van der Waals surface area contributed by atoms with E-state index in [9.17, 15) is 4.79 Å². The lowest BCUT2D eigenvalue weighted by molar-refractivity contribution is 0.0907. The first-order valence-electron chi connectivity index (χ1n) is 9.79. The lowest BCUT2D eigenvalue weighted by Gasteiger charge is -2.39. The van der Waals surface area contributed by atoms with Gasteiger partial charge in [0.2, 0.25) is 0 Å². The Balaban J connectivity index is 1.42. The van der Waals surface area contributed by atoms with Crippen LogP contribution in [0.5, 0.6) is 0 Å². The molecule has 4 heterocycles. The zero-order valence-corrected chi connectivity index (χ0v) is 16.6. The van der Waals surface area contributed by atoms with Crippen molar-refractivity contribution in [1.29, 1.82) is 0 Å². The number of nitrogens with one attached hydrogen (secondary N) is 1. The topological polar surface area (TPSA) is 102 Å². The van der Waals surface area contributed by atoms with Crippen molar-refractivity contribution < 1.29 is 4.79 Å². The summed E-state index contributed by atoms with van der Waals surface area (Å²) in [7, 11) is 1.93. The molecule has 0 radical (unpaired) electrons. The molecular formula is C20H24N8O. The highest BCUT2D eigenvalue weighted by atomic mass is 16.2. The second-order valence-corrected chi connectivity index (χ2v) is 7.21. The highest BCUT2D eigenvalue weighted by molar-refractivity contribution is 5.92. The van der Waals surface area contributed by atoms with Crippen LogP contribution in [0.2, 0.25) is 0 Å². The number of amides is 1. The van der Waals surface area contributed by atoms with E-state index in [1.54, 1.807) is 12.4 Å². The number of anilines is 1. The van der Waals surface area contributed by atoms with Crippen LogP contribution in [0.4, 0.5) is 5.82 Å². The summed E-state index contributed by atoms with van der Waals surface area (Å²) < 4.78 is 1.92. The number of hydrogen-bond donors (Lipinski definition) is 1. The second-order valence-electron chi connectivity index (χ2n) is 7.21. The van der Waals surface area contributed by atoms with Crippen molar-refractivity contribution in [2.45, 2.75) is 25.8 Å². The molecule has 1 fully saturated rings. The first-order chi connectivity index (χ1) is 14.2. The largest absolute Gasteiger partial charge is 0.355 e. The van der Waals surface area contributed by atoms with Crippen molar-refractivity contribution in [3.63, 3.8) is 0 Å². The Morgan fingerprint density at radius 3 is 2.76 bits per heavy atom. The standard InChI is InChI=1S/C20H24N8O/c1-3-14-13-28(10-6-15(14)24-20(29)17-12-21-7-8-22-17)18-5-4-16(25-26-18)19-23-9-11-27(19)2/h4-5,7-9,11-12,14-15H,3,6,10,13H2,1-2H3,(H,24,29)/t14-,15+/m1/s1. The normalized spacial score (nSPS) is 19.2. The van der Waals surface area contributed by atoms with Gasteiger partial charge in [0.25, 0.3) is 5.91 Å². The molecule has 1 amide bonds. The molecule has 9 heteroatoms. The van der Waals surface area contributed by atoms with E-state index in [1.165, 1.54) is 12.4 Å². The van der Waals surface area contributed by atoms with Gasteiger partial charge in [-0.1, -0.05) is 6.92 Å². The molecule has 1 saturated heterocycles. The van der Waals surface area contributed by atoms with E-state index in [4.69, 9.17) is 0 Å². The zero-order chi connectivity index (χ0) is 20.2. The maximum atomic E-state index is 12.4. The molecule has 0 aliphatic carbocycles.